The van der Waals surface area contributed by atoms with Crippen LogP contribution in [0, 0.1) is 5.92 Å². The van der Waals surface area contributed by atoms with E-state index in [1.807, 2.05) is 6.26 Å². The van der Waals surface area contributed by atoms with E-state index in [-0.39, 0.29) is 0 Å². The van der Waals surface area contributed by atoms with E-state index in [0.29, 0.717) is 16.2 Å². The van der Waals surface area contributed by atoms with Gasteiger partial charge in [-0.3, -0.25) is 0 Å². The predicted molar refractivity (Wildman–Crippen MR) is 66.8 cm³/mol. The second-order valence-corrected chi connectivity index (χ2v) is 4.83. The average Bonchev–Trinajstić information content (AvgIpc) is 2.16. The van der Waals surface area contributed by atoms with E-state index in [1.165, 1.54) is 11.8 Å². The van der Waals surface area contributed by atoms with Crippen LogP contribution in [0.4, 0.5) is 5.82 Å². The van der Waals surface area contributed by atoms with Gasteiger partial charge in [-0.15, -0.1) is 0 Å². The van der Waals surface area contributed by atoms with Crippen LogP contribution in [-0.4, -0.2) is 22.8 Å². The lowest BCUT2D eigenvalue weighted by atomic mass is 10.1. The minimum absolute atomic E-state index is 0.487. The van der Waals surface area contributed by atoms with Gasteiger partial charge in [0.2, 0.25) is 0 Å². The van der Waals surface area contributed by atoms with E-state index in [9.17, 15) is 0 Å². The highest BCUT2D eigenvalue weighted by atomic mass is 35.5. The van der Waals surface area contributed by atoms with E-state index in [4.69, 9.17) is 11.6 Å². The number of hydrogen-bond donors (Lipinski definition) is 1. The maximum atomic E-state index is 5.87. The zero-order valence-corrected chi connectivity index (χ0v) is 10.8. The molecule has 0 fully saturated rings. The standard InChI is InChI=1S/C10H16ClN3S/c1-7(2)4-5-12-9-6-8(11)13-10(14-9)15-3/h6-7H,4-5H2,1-3H3,(H,12,13,14). The highest BCUT2D eigenvalue weighted by Crippen LogP contribution is 2.17. The van der Waals surface area contributed by atoms with E-state index in [0.717, 1.165) is 18.8 Å². The Morgan fingerprint density at radius 1 is 1.47 bits per heavy atom. The molecule has 0 aromatic carbocycles. The summed E-state index contributed by atoms with van der Waals surface area (Å²) in [5.74, 6) is 1.50. The molecule has 0 radical (unpaired) electrons. The van der Waals surface area contributed by atoms with Gasteiger partial charge in [0.15, 0.2) is 5.16 Å². The Bertz CT molecular complexity index is 318. The first-order valence-electron chi connectivity index (χ1n) is 4.94. The van der Waals surface area contributed by atoms with Crippen molar-refractivity contribution in [3.63, 3.8) is 0 Å². The number of nitrogens with zero attached hydrogens (tertiary/aromatic N) is 2. The lowest BCUT2D eigenvalue weighted by Crippen LogP contribution is -2.06. The first kappa shape index (κ1) is 12.6. The van der Waals surface area contributed by atoms with Crippen LogP contribution in [0.15, 0.2) is 11.2 Å². The summed E-state index contributed by atoms with van der Waals surface area (Å²) in [4.78, 5) is 8.38. The number of thioether (sulfide) groups is 1. The molecule has 0 aliphatic heterocycles. The highest BCUT2D eigenvalue weighted by Gasteiger charge is 2.02. The molecule has 15 heavy (non-hydrogen) atoms. The van der Waals surface area contributed by atoms with Gasteiger partial charge in [-0.05, 0) is 18.6 Å². The number of aromatic nitrogens is 2. The fourth-order valence-electron chi connectivity index (χ4n) is 1.07. The molecular weight excluding hydrogens is 230 g/mol. The van der Waals surface area contributed by atoms with Crippen LogP contribution in [0.2, 0.25) is 5.15 Å². The fourth-order valence-corrected chi connectivity index (χ4v) is 1.68. The summed E-state index contributed by atoms with van der Waals surface area (Å²) in [6.07, 6.45) is 3.06. The Morgan fingerprint density at radius 2 is 2.20 bits per heavy atom. The van der Waals surface area contributed by atoms with Crippen molar-refractivity contribution in [1.29, 1.82) is 0 Å². The van der Waals surface area contributed by atoms with Gasteiger partial charge in [0.1, 0.15) is 11.0 Å². The lowest BCUT2D eigenvalue weighted by Gasteiger charge is -2.08. The summed E-state index contributed by atoms with van der Waals surface area (Å²) < 4.78 is 0. The molecule has 0 amide bonds. The van der Waals surface area contributed by atoms with Gasteiger partial charge in [-0.25, -0.2) is 9.97 Å². The molecule has 1 N–H and O–H groups in total. The van der Waals surface area contributed by atoms with Gasteiger partial charge in [0.05, 0.1) is 0 Å². The Hall–Kier alpha value is -0.480. The number of hydrogen-bond acceptors (Lipinski definition) is 4. The minimum Gasteiger partial charge on any atom is -0.370 e. The molecule has 0 aliphatic carbocycles. The first-order chi connectivity index (χ1) is 7.11. The van der Waals surface area contributed by atoms with Gasteiger partial charge in [0.25, 0.3) is 0 Å². The lowest BCUT2D eigenvalue weighted by molar-refractivity contribution is 0.606. The monoisotopic (exact) mass is 245 g/mol. The molecule has 0 saturated carbocycles. The van der Waals surface area contributed by atoms with Crippen molar-refractivity contribution < 1.29 is 0 Å². The van der Waals surface area contributed by atoms with Crippen LogP contribution in [0.5, 0.6) is 0 Å². The zero-order chi connectivity index (χ0) is 11.3. The van der Waals surface area contributed by atoms with Gasteiger partial charge in [-0.2, -0.15) is 0 Å². The molecule has 0 unspecified atom stereocenters. The average molecular weight is 246 g/mol. The van der Waals surface area contributed by atoms with E-state index < -0.39 is 0 Å². The molecule has 84 valence electrons. The Labute approximate surface area is 100 Å². The van der Waals surface area contributed by atoms with Gasteiger partial charge >= 0.3 is 0 Å². The summed E-state index contributed by atoms with van der Waals surface area (Å²) >= 11 is 7.36. The molecule has 1 rings (SSSR count). The third-order valence-corrected chi connectivity index (χ3v) is 2.63. The number of anilines is 1. The zero-order valence-electron chi connectivity index (χ0n) is 9.25. The third kappa shape index (κ3) is 4.71. The van der Waals surface area contributed by atoms with Crippen LogP contribution in [0.25, 0.3) is 0 Å². The Balaban J connectivity index is 2.56. The second kappa shape index (κ2) is 6.18. The Morgan fingerprint density at radius 3 is 2.80 bits per heavy atom. The van der Waals surface area contributed by atoms with Gasteiger partial charge in [0, 0.05) is 12.6 Å². The molecule has 0 saturated heterocycles. The normalized spacial score (nSPS) is 10.7. The molecule has 0 aliphatic rings. The molecule has 1 aromatic rings. The summed E-state index contributed by atoms with van der Waals surface area (Å²) in [6, 6.07) is 1.75. The summed E-state index contributed by atoms with van der Waals surface area (Å²) in [7, 11) is 0. The molecule has 3 nitrogen and oxygen atoms in total. The van der Waals surface area contributed by atoms with Gasteiger partial charge < -0.3 is 5.32 Å². The fraction of sp³-hybridized carbons (Fsp3) is 0.600. The molecular formula is C10H16ClN3S. The smallest absolute Gasteiger partial charge is 0.190 e. The van der Waals surface area contributed by atoms with E-state index in [1.54, 1.807) is 6.07 Å². The van der Waals surface area contributed by atoms with Crippen molar-refractivity contribution in [2.45, 2.75) is 25.4 Å². The summed E-state index contributed by atoms with van der Waals surface area (Å²) in [5.41, 5.74) is 0. The molecule has 0 spiro atoms. The van der Waals surface area contributed by atoms with Crippen molar-refractivity contribution in [3.8, 4) is 0 Å². The maximum absolute atomic E-state index is 5.87. The highest BCUT2D eigenvalue weighted by molar-refractivity contribution is 7.98. The van der Waals surface area contributed by atoms with Crippen molar-refractivity contribution in [2.24, 2.45) is 5.92 Å². The third-order valence-electron chi connectivity index (χ3n) is 1.88. The molecule has 1 aromatic heterocycles. The SMILES string of the molecule is CSc1nc(Cl)cc(NCCC(C)C)n1. The van der Waals surface area contributed by atoms with Crippen molar-refractivity contribution in [1.82, 2.24) is 9.97 Å². The van der Waals surface area contributed by atoms with Crippen molar-refractivity contribution >= 4 is 29.2 Å². The topological polar surface area (TPSA) is 37.8 Å². The molecule has 0 atom stereocenters. The van der Waals surface area contributed by atoms with E-state index in [2.05, 4.69) is 29.1 Å². The van der Waals surface area contributed by atoms with Crippen LogP contribution in [0.3, 0.4) is 0 Å². The quantitative estimate of drug-likeness (QED) is 0.491. The summed E-state index contributed by atoms with van der Waals surface area (Å²) in [6.45, 7) is 5.31. The second-order valence-electron chi connectivity index (χ2n) is 3.67. The minimum atomic E-state index is 0.487. The largest absolute Gasteiger partial charge is 0.370 e. The van der Waals surface area contributed by atoms with Crippen molar-refractivity contribution in [2.75, 3.05) is 18.1 Å². The van der Waals surface area contributed by atoms with E-state index >= 15 is 0 Å². The van der Waals surface area contributed by atoms with Gasteiger partial charge in [-0.1, -0.05) is 37.2 Å². The molecule has 0 bridgehead atoms. The number of nitrogens with one attached hydrogen (secondary N) is 1. The first-order valence-corrected chi connectivity index (χ1v) is 6.54. The van der Waals surface area contributed by atoms with Crippen LogP contribution in [-0.2, 0) is 0 Å². The van der Waals surface area contributed by atoms with Crippen molar-refractivity contribution in [3.05, 3.63) is 11.2 Å². The predicted octanol–water partition coefficient (Wildman–Crippen LogP) is 3.31. The van der Waals surface area contributed by atoms with Crippen LogP contribution in [0.1, 0.15) is 20.3 Å². The maximum Gasteiger partial charge on any atom is 0.190 e. The number of halogens is 1. The molecule has 1 heterocycles. The Kier molecular flexibility index (Phi) is 5.19. The van der Waals surface area contributed by atoms with Crippen LogP contribution >= 0.6 is 23.4 Å². The summed E-state index contributed by atoms with van der Waals surface area (Å²) in [5, 5.41) is 4.43. The molecule has 5 heteroatoms. The number of rotatable bonds is 5. The van der Waals surface area contributed by atoms with Crippen LogP contribution < -0.4 is 5.32 Å².